The zero-order chi connectivity index (χ0) is 15.6. The van der Waals surface area contributed by atoms with Crippen LogP contribution in [-0.2, 0) is 9.59 Å². The van der Waals surface area contributed by atoms with Gasteiger partial charge in [-0.25, -0.2) is 4.79 Å². The fourth-order valence-corrected chi connectivity index (χ4v) is 1.92. The van der Waals surface area contributed by atoms with Gasteiger partial charge in [0.05, 0.1) is 0 Å². The number of urea groups is 1. The number of nitrogens with zero attached hydrogens (tertiary/aromatic N) is 1. The smallest absolute Gasteiger partial charge is 0.325 e. The second kappa shape index (κ2) is 5.78. The second-order valence-electron chi connectivity index (χ2n) is 6.15. The Balaban J connectivity index is 2.67. The molecule has 1 rings (SSSR count). The van der Waals surface area contributed by atoms with Gasteiger partial charge in [0.15, 0.2) is 0 Å². The Labute approximate surface area is 119 Å². The van der Waals surface area contributed by atoms with Gasteiger partial charge >= 0.3 is 6.03 Å². The van der Waals surface area contributed by atoms with Crippen LogP contribution in [0.3, 0.4) is 0 Å². The summed E-state index contributed by atoms with van der Waals surface area (Å²) in [5.41, 5.74) is 3.93. The number of imide groups is 1. The van der Waals surface area contributed by atoms with Crippen molar-refractivity contribution < 1.29 is 14.4 Å². The third kappa shape index (κ3) is 3.09. The topological polar surface area (TPSA) is 105 Å². The van der Waals surface area contributed by atoms with Gasteiger partial charge in [-0.2, -0.15) is 0 Å². The molecule has 7 nitrogen and oxygen atoms in total. The van der Waals surface area contributed by atoms with Gasteiger partial charge in [-0.15, -0.1) is 0 Å². The van der Waals surface area contributed by atoms with Crippen molar-refractivity contribution >= 4 is 17.8 Å². The summed E-state index contributed by atoms with van der Waals surface area (Å²) in [6.07, 6.45) is 0.0827. The van der Waals surface area contributed by atoms with Crippen LogP contribution >= 0.6 is 0 Å². The molecule has 1 heterocycles. The summed E-state index contributed by atoms with van der Waals surface area (Å²) < 4.78 is 0. The molecular formula is C13H24N4O3. The van der Waals surface area contributed by atoms with Crippen LogP contribution in [0.2, 0.25) is 0 Å². The molecular weight excluding hydrogens is 260 g/mol. The Hall–Kier alpha value is -1.63. The lowest BCUT2D eigenvalue weighted by Crippen LogP contribution is -2.54. The van der Waals surface area contributed by atoms with E-state index in [1.54, 1.807) is 6.92 Å². The average Bonchev–Trinajstić information content (AvgIpc) is 2.56. The highest BCUT2D eigenvalue weighted by atomic mass is 16.2. The molecule has 7 heteroatoms. The predicted molar refractivity (Wildman–Crippen MR) is 74.8 cm³/mol. The first-order valence-corrected chi connectivity index (χ1v) is 6.74. The zero-order valence-corrected chi connectivity index (χ0v) is 12.6. The van der Waals surface area contributed by atoms with E-state index < -0.39 is 17.0 Å². The molecule has 1 atom stereocenters. The lowest BCUT2D eigenvalue weighted by atomic mass is 9.75. The number of hydrogen-bond donors (Lipinski definition) is 3. The molecule has 0 aliphatic carbocycles. The monoisotopic (exact) mass is 284 g/mol. The van der Waals surface area contributed by atoms with Crippen LogP contribution < -0.4 is 16.4 Å². The summed E-state index contributed by atoms with van der Waals surface area (Å²) in [7, 11) is 0. The summed E-state index contributed by atoms with van der Waals surface area (Å²) in [5, 5.41) is 5.33. The highest BCUT2D eigenvalue weighted by Crippen LogP contribution is 2.35. The van der Waals surface area contributed by atoms with Crippen molar-refractivity contribution in [3.63, 3.8) is 0 Å². The van der Waals surface area contributed by atoms with Crippen molar-refractivity contribution in [1.82, 2.24) is 15.5 Å². The molecule has 1 aliphatic rings. The van der Waals surface area contributed by atoms with Crippen LogP contribution in [0.1, 0.15) is 34.1 Å². The third-order valence-corrected chi connectivity index (χ3v) is 3.80. The number of rotatable bonds is 5. The first-order valence-electron chi connectivity index (χ1n) is 6.74. The van der Waals surface area contributed by atoms with Crippen molar-refractivity contribution in [1.29, 1.82) is 0 Å². The van der Waals surface area contributed by atoms with Gasteiger partial charge in [0, 0.05) is 26.1 Å². The van der Waals surface area contributed by atoms with Crippen LogP contribution in [0.25, 0.3) is 0 Å². The summed E-state index contributed by atoms with van der Waals surface area (Å²) in [6.45, 7) is 8.21. The van der Waals surface area contributed by atoms with E-state index in [4.69, 9.17) is 5.73 Å². The molecule has 1 unspecified atom stereocenters. The Morgan fingerprint density at radius 1 is 1.40 bits per heavy atom. The molecule has 4 amide bonds. The maximum atomic E-state index is 12.4. The van der Waals surface area contributed by atoms with E-state index in [2.05, 4.69) is 10.6 Å². The van der Waals surface area contributed by atoms with E-state index in [9.17, 15) is 14.4 Å². The van der Waals surface area contributed by atoms with E-state index in [1.165, 1.54) is 0 Å². The van der Waals surface area contributed by atoms with Crippen LogP contribution in [0.15, 0.2) is 0 Å². The molecule has 0 bridgehead atoms. The molecule has 4 N–H and O–H groups in total. The van der Waals surface area contributed by atoms with Gasteiger partial charge in [0.2, 0.25) is 5.91 Å². The first kappa shape index (κ1) is 16.4. The van der Waals surface area contributed by atoms with Crippen molar-refractivity contribution in [2.24, 2.45) is 11.1 Å². The Morgan fingerprint density at radius 2 is 2.00 bits per heavy atom. The van der Waals surface area contributed by atoms with Crippen LogP contribution in [0.4, 0.5) is 4.79 Å². The fraction of sp³-hybridized carbons (Fsp3) is 0.769. The molecule has 1 saturated heterocycles. The van der Waals surface area contributed by atoms with Crippen molar-refractivity contribution in [3.05, 3.63) is 0 Å². The maximum Gasteiger partial charge on any atom is 0.325 e. The Bertz CT molecular complexity index is 416. The zero-order valence-electron chi connectivity index (χ0n) is 12.6. The minimum absolute atomic E-state index is 0.0761. The molecule has 0 spiro atoms. The van der Waals surface area contributed by atoms with Crippen LogP contribution in [0, 0.1) is 5.41 Å². The highest BCUT2D eigenvalue weighted by molar-refractivity contribution is 6.07. The largest absolute Gasteiger partial charge is 0.355 e. The fourth-order valence-electron chi connectivity index (χ4n) is 1.92. The van der Waals surface area contributed by atoms with Gasteiger partial charge in [0.1, 0.15) is 5.54 Å². The second-order valence-corrected chi connectivity index (χ2v) is 6.15. The number of amides is 4. The molecule has 20 heavy (non-hydrogen) atoms. The number of carbonyl (C=O) groups excluding carboxylic acids is 3. The minimum Gasteiger partial charge on any atom is -0.355 e. The average molecular weight is 284 g/mol. The normalized spacial score (nSPS) is 22.9. The summed E-state index contributed by atoms with van der Waals surface area (Å²) in [4.78, 5) is 36.9. The molecule has 0 aromatic heterocycles. The van der Waals surface area contributed by atoms with Gasteiger partial charge in [-0.05, 0) is 12.3 Å². The van der Waals surface area contributed by atoms with Crippen LogP contribution in [0.5, 0.6) is 0 Å². The van der Waals surface area contributed by atoms with Crippen molar-refractivity contribution in [2.75, 3.05) is 19.6 Å². The van der Waals surface area contributed by atoms with Gasteiger partial charge in [-0.3, -0.25) is 14.5 Å². The van der Waals surface area contributed by atoms with E-state index in [-0.39, 0.29) is 24.8 Å². The standard InChI is InChI=1S/C13H24N4O3/c1-12(2,3)13(4)10(19)17(11(20)16-13)8-5-9(18)15-7-6-14/h5-8,14H2,1-4H3,(H,15,18)(H,16,20). The van der Waals surface area contributed by atoms with E-state index >= 15 is 0 Å². The quantitative estimate of drug-likeness (QED) is 0.608. The Kier molecular flexibility index (Phi) is 4.75. The van der Waals surface area contributed by atoms with E-state index in [1.807, 2.05) is 20.8 Å². The first-order chi connectivity index (χ1) is 9.13. The molecule has 0 saturated carbocycles. The molecule has 0 radical (unpaired) electrons. The van der Waals surface area contributed by atoms with E-state index in [0.29, 0.717) is 13.1 Å². The SMILES string of the molecule is CC(C)(C)C1(C)NC(=O)N(CCC(=O)NCCN)C1=O. The summed E-state index contributed by atoms with van der Waals surface area (Å²) in [6, 6.07) is -0.445. The van der Waals surface area contributed by atoms with Gasteiger partial charge in [0.25, 0.3) is 5.91 Å². The minimum atomic E-state index is -0.947. The van der Waals surface area contributed by atoms with Crippen LogP contribution in [-0.4, -0.2) is 47.9 Å². The molecule has 1 aliphatic heterocycles. The number of nitrogens with two attached hydrogens (primary N) is 1. The van der Waals surface area contributed by atoms with Crippen molar-refractivity contribution in [3.8, 4) is 0 Å². The summed E-state index contributed by atoms with van der Waals surface area (Å²) in [5.74, 6) is -0.512. The Morgan fingerprint density at radius 3 is 2.45 bits per heavy atom. The number of nitrogens with one attached hydrogen (secondary N) is 2. The molecule has 0 aromatic carbocycles. The van der Waals surface area contributed by atoms with Crippen molar-refractivity contribution in [2.45, 2.75) is 39.7 Å². The highest BCUT2D eigenvalue weighted by Gasteiger charge is 2.54. The number of hydrogen-bond acceptors (Lipinski definition) is 4. The molecule has 1 fully saturated rings. The number of carbonyl (C=O) groups is 3. The lowest BCUT2D eigenvalue weighted by Gasteiger charge is -2.35. The lowest BCUT2D eigenvalue weighted by molar-refractivity contribution is -0.134. The summed E-state index contributed by atoms with van der Waals surface area (Å²) >= 11 is 0. The van der Waals surface area contributed by atoms with E-state index in [0.717, 1.165) is 4.90 Å². The molecule has 0 aromatic rings. The molecule has 114 valence electrons. The van der Waals surface area contributed by atoms with Gasteiger partial charge in [-0.1, -0.05) is 20.8 Å². The van der Waals surface area contributed by atoms with Gasteiger partial charge < -0.3 is 16.4 Å². The maximum absolute atomic E-state index is 12.4. The predicted octanol–water partition coefficient (Wildman–Crippen LogP) is -0.192. The third-order valence-electron chi connectivity index (χ3n) is 3.80.